The molecule has 10 nitrogen and oxygen atoms in total. The number of nitrogens with zero attached hydrogens (tertiary/aromatic N) is 2. The van der Waals surface area contributed by atoms with Crippen LogP contribution in [0.2, 0.25) is 10.0 Å². The molecule has 0 radical (unpaired) electrons. The predicted molar refractivity (Wildman–Crippen MR) is 124 cm³/mol. The van der Waals surface area contributed by atoms with Gasteiger partial charge >= 0.3 is 23.9 Å². The summed E-state index contributed by atoms with van der Waals surface area (Å²) in [6.45, 7) is 2.17. The fourth-order valence-electron chi connectivity index (χ4n) is 2.74. The molecule has 0 amide bonds. The molecule has 0 fully saturated rings. The highest BCUT2D eigenvalue weighted by atomic mass is 35.5. The molecule has 0 heterocycles. The molecule has 0 aromatic heterocycles. The van der Waals surface area contributed by atoms with E-state index in [4.69, 9.17) is 43.6 Å². The van der Waals surface area contributed by atoms with Gasteiger partial charge in [0, 0.05) is 25.7 Å². The Morgan fingerprint density at radius 2 is 1.39 bits per heavy atom. The second-order valence-corrected chi connectivity index (χ2v) is 7.54. The number of aliphatic carboxylic acids is 1. The largest absolute Gasteiger partial charge is 0.480 e. The third-order valence-corrected chi connectivity index (χ3v) is 4.88. The fraction of sp³-hybridized carbons (Fsp3) is 0.238. The summed E-state index contributed by atoms with van der Waals surface area (Å²) in [6.07, 6.45) is 0. The van der Waals surface area contributed by atoms with Crippen molar-refractivity contribution in [1.29, 1.82) is 0 Å². The fourth-order valence-corrected chi connectivity index (χ4v) is 3.38. The normalized spacial score (nSPS) is 9.97. The first-order valence-corrected chi connectivity index (χ1v) is 10.0. The zero-order valence-electron chi connectivity index (χ0n) is 17.9. The van der Waals surface area contributed by atoms with Crippen LogP contribution in [0.15, 0.2) is 30.3 Å². The number of hydrogen-bond acceptors (Lipinski definition) is 6. The number of hydrogen-bond donors (Lipinski definition) is 4. The minimum atomic E-state index is -1.22. The van der Waals surface area contributed by atoms with Crippen LogP contribution in [0.25, 0.3) is 0 Å². The van der Waals surface area contributed by atoms with Crippen molar-refractivity contribution in [3.8, 4) is 0 Å². The first-order chi connectivity index (χ1) is 15.3. The molecule has 0 spiro atoms. The number of anilines is 2. The standard InChI is InChI=1S/C11H13NO4.C10H9Cl2NO4/c1-3-12(2)9-5-4-7(10(13)14)6-8(9)11(15)16;1-13(4-8(14)15)9-6(10(16)17)2-5(11)3-7(9)12/h4-6H,3H2,1-2H3,(H,13,14)(H,15,16);2-3H,4H2,1H3,(H,14,15)(H,16,17). The number of aromatic carboxylic acids is 3. The van der Waals surface area contributed by atoms with Crippen molar-refractivity contribution in [2.45, 2.75) is 6.92 Å². The molecule has 0 unspecified atom stereocenters. The molecule has 0 saturated heterocycles. The molecule has 178 valence electrons. The van der Waals surface area contributed by atoms with Gasteiger partial charge in [-0.05, 0) is 37.3 Å². The third-order valence-electron chi connectivity index (χ3n) is 4.37. The van der Waals surface area contributed by atoms with E-state index in [0.717, 1.165) is 0 Å². The molecule has 4 N–H and O–H groups in total. The Kier molecular flexibility index (Phi) is 9.96. The molecule has 33 heavy (non-hydrogen) atoms. The summed E-state index contributed by atoms with van der Waals surface area (Å²) in [7, 11) is 3.19. The maximum atomic E-state index is 11.0. The van der Waals surface area contributed by atoms with Crippen molar-refractivity contribution >= 4 is 58.5 Å². The van der Waals surface area contributed by atoms with E-state index in [-0.39, 0.29) is 39.0 Å². The van der Waals surface area contributed by atoms with Crippen LogP contribution in [-0.4, -0.2) is 71.5 Å². The number of carboxylic acid groups (broad SMARTS) is 4. The van der Waals surface area contributed by atoms with Gasteiger partial charge in [-0.2, -0.15) is 0 Å². The topological polar surface area (TPSA) is 156 Å². The first kappa shape index (κ1) is 27.5. The third kappa shape index (κ3) is 7.55. The lowest BCUT2D eigenvalue weighted by Crippen LogP contribution is -2.27. The van der Waals surface area contributed by atoms with Crippen LogP contribution in [0.1, 0.15) is 38.0 Å². The molecule has 0 aliphatic heterocycles. The van der Waals surface area contributed by atoms with E-state index in [9.17, 15) is 19.2 Å². The highest BCUT2D eigenvalue weighted by Crippen LogP contribution is 2.32. The van der Waals surface area contributed by atoms with Crippen LogP contribution in [0.4, 0.5) is 11.4 Å². The van der Waals surface area contributed by atoms with Crippen LogP contribution in [0, 0.1) is 0 Å². The lowest BCUT2D eigenvalue weighted by Gasteiger charge is -2.20. The van der Waals surface area contributed by atoms with Gasteiger partial charge in [-0.15, -0.1) is 0 Å². The van der Waals surface area contributed by atoms with E-state index in [1.54, 1.807) is 11.9 Å². The summed E-state index contributed by atoms with van der Waals surface area (Å²) in [4.78, 5) is 46.3. The molecular weight excluding hydrogens is 479 g/mol. The lowest BCUT2D eigenvalue weighted by molar-refractivity contribution is -0.135. The summed E-state index contributed by atoms with van der Waals surface area (Å²) >= 11 is 11.6. The minimum absolute atomic E-state index is 0.00394. The van der Waals surface area contributed by atoms with Gasteiger partial charge in [0.25, 0.3) is 0 Å². The number of likely N-dealkylation sites (N-methyl/N-ethyl adjacent to an activating group) is 1. The van der Waals surface area contributed by atoms with E-state index >= 15 is 0 Å². The van der Waals surface area contributed by atoms with Gasteiger partial charge in [0.05, 0.1) is 33.1 Å². The van der Waals surface area contributed by atoms with E-state index in [1.165, 1.54) is 42.3 Å². The Morgan fingerprint density at radius 1 is 0.818 bits per heavy atom. The Labute approximate surface area is 199 Å². The van der Waals surface area contributed by atoms with Crippen molar-refractivity contribution in [2.24, 2.45) is 0 Å². The molecule has 0 bridgehead atoms. The first-order valence-electron chi connectivity index (χ1n) is 9.27. The van der Waals surface area contributed by atoms with E-state index in [0.29, 0.717) is 12.2 Å². The van der Waals surface area contributed by atoms with Crippen LogP contribution in [0.5, 0.6) is 0 Å². The lowest BCUT2D eigenvalue weighted by atomic mass is 10.1. The summed E-state index contributed by atoms with van der Waals surface area (Å²) in [6, 6.07) is 6.67. The molecule has 0 saturated carbocycles. The minimum Gasteiger partial charge on any atom is -0.480 e. The van der Waals surface area contributed by atoms with E-state index in [1.807, 2.05) is 6.92 Å². The molecule has 0 aliphatic carbocycles. The number of benzene rings is 2. The average molecular weight is 501 g/mol. The van der Waals surface area contributed by atoms with Crippen molar-refractivity contribution in [3.63, 3.8) is 0 Å². The predicted octanol–water partition coefficient (Wildman–Crippen LogP) is 3.75. The van der Waals surface area contributed by atoms with Gasteiger partial charge in [-0.25, -0.2) is 14.4 Å². The molecule has 12 heteroatoms. The van der Waals surface area contributed by atoms with Crippen LogP contribution in [-0.2, 0) is 4.79 Å². The van der Waals surface area contributed by atoms with Crippen LogP contribution in [0.3, 0.4) is 0 Å². The second kappa shape index (κ2) is 11.9. The summed E-state index contributed by atoms with van der Waals surface area (Å²) in [5.41, 5.74) is 0.493. The SMILES string of the molecule is CCN(C)c1ccc(C(=O)O)cc1C(=O)O.CN(CC(=O)O)c1c(Cl)cc(Cl)cc1C(=O)O. The van der Waals surface area contributed by atoms with Crippen molar-refractivity contribution in [1.82, 2.24) is 0 Å². The Hall–Kier alpha value is -3.50. The number of halogens is 2. The highest BCUT2D eigenvalue weighted by Gasteiger charge is 2.20. The zero-order valence-corrected chi connectivity index (χ0v) is 19.4. The molecule has 2 aromatic carbocycles. The average Bonchev–Trinajstić information content (AvgIpc) is 2.71. The molecular formula is C21H22Cl2N2O8. The van der Waals surface area contributed by atoms with Crippen molar-refractivity contribution in [3.05, 3.63) is 57.1 Å². The number of carboxylic acids is 4. The maximum absolute atomic E-state index is 11.0. The van der Waals surface area contributed by atoms with Gasteiger partial charge < -0.3 is 30.2 Å². The molecule has 2 rings (SSSR count). The van der Waals surface area contributed by atoms with Crippen LogP contribution >= 0.6 is 23.2 Å². The Balaban J connectivity index is 0.000000331. The quantitative estimate of drug-likeness (QED) is 0.420. The summed E-state index contributed by atoms with van der Waals surface area (Å²) in [5, 5.41) is 35.7. The monoisotopic (exact) mass is 500 g/mol. The van der Waals surface area contributed by atoms with Crippen LogP contribution < -0.4 is 9.80 Å². The Bertz CT molecular complexity index is 1070. The van der Waals surface area contributed by atoms with Gasteiger partial charge in [0.15, 0.2) is 0 Å². The smallest absolute Gasteiger partial charge is 0.337 e. The molecule has 0 atom stereocenters. The zero-order chi connectivity index (χ0) is 25.5. The maximum Gasteiger partial charge on any atom is 0.337 e. The van der Waals surface area contributed by atoms with Crippen molar-refractivity contribution in [2.75, 3.05) is 37.0 Å². The molecule has 0 aliphatic rings. The highest BCUT2D eigenvalue weighted by molar-refractivity contribution is 6.37. The number of carbonyl (C=O) groups is 4. The molecule has 2 aromatic rings. The summed E-state index contributed by atoms with van der Waals surface area (Å²) in [5.74, 6) is -4.57. The van der Waals surface area contributed by atoms with Gasteiger partial charge in [0.2, 0.25) is 0 Å². The van der Waals surface area contributed by atoms with Gasteiger partial charge in [-0.3, -0.25) is 4.79 Å². The van der Waals surface area contributed by atoms with Crippen molar-refractivity contribution < 1.29 is 39.6 Å². The second-order valence-electron chi connectivity index (χ2n) is 6.70. The number of rotatable bonds is 8. The van der Waals surface area contributed by atoms with E-state index < -0.39 is 23.9 Å². The summed E-state index contributed by atoms with van der Waals surface area (Å²) < 4.78 is 0. The van der Waals surface area contributed by atoms with Gasteiger partial charge in [0.1, 0.15) is 6.54 Å². The Morgan fingerprint density at radius 3 is 1.85 bits per heavy atom. The van der Waals surface area contributed by atoms with E-state index in [2.05, 4.69) is 0 Å². The van der Waals surface area contributed by atoms with Gasteiger partial charge in [-0.1, -0.05) is 23.2 Å².